The Labute approximate surface area is 227 Å². The highest BCUT2D eigenvalue weighted by Gasteiger charge is 2.22. The average molecular weight is 541 g/mol. The quantitative estimate of drug-likeness (QED) is 0.254. The third-order valence-corrected chi connectivity index (χ3v) is 5.33. The van der Waals surface area contributed by atoms with Crippen molar-refractivity contribution in [2.24, 2.45) is 0 Å². The first-order valence-corrected chi connectivity index (χ1v) is 12.1. The largest absolute Gasteiger partial charge is 0.442 e. The first-order chi connectivity index (χ1) is 19.2. The average Bonchev–Trinajstić information content (AvgIpc) is 3.36. The van der Waals surface area contributed by atoms with Crippen LogP contribution in [0.3, 0.4) is 0 Å². The number of hydrogen-bond acceptors (Lipinski definition) is 9. The van der Waals surface area contributed by atoms with Gasteiger partial charge in [0, 0.05) is 41.6 Å². The van der Waals surface area contributed by atoms with Crippen LogP contribution in [-0.4, -0.2) is 46.4 Å². The van der Waals surface area contributed by atoms with Crippen molar-refractivity contribution in [2.75, 3.05) is 5.32 Å². The molecule has 5 aromatic rings. The van der Waals surface area contributed by atoms with Crippen LogP contribution < -0.4 is 5.32 Å². The zero-order valence-electron chi connectivity index (χ0n) is 21.7. The molecule has 0 aliphatic carbocycles. The number of halogens is 2. The van der Waals surface area contributed by atoms with Gasteiger partial charge in [0.15, 0.2) is 11.6 Å². The molecule has 0 amide bonds. The van der Waals surface area contributed by atoms with Gasteiger partial charge in [0.1, 0.15) is 22.5 Å². The number of carbonyl (C=O) groups is 1. The van der Waals surface area contributed by atoms with Crippen LogP contribution in [0, 0.1) is 23.6 Å². The fourth-order valence-electron chi connectivity index (χ4n) is 3.62. The van der Waals surface area contributed by atoms with Gasteiger partial charge in [0.2, 0.25) is 11.9 Å². The Morgan fingerprint density at radius 2 is 1.85 bits per heavy atom. The second kappa shape index (κ2) is 10.8. The van der Waals surface area contributed by atoms with Crippen molar-refractivity contribution in [3.05, 3.63) is 89.8 Å². The molecule has 10 nitrogen and oxygen atoms in total. The van der Waals surface area contributed by atoms with Crippen LogP contribution in [0.1, 0.15) is 37.6 Å². The van der Waals surface area contributed by atoms with Crippen molar-refractivity contribution in [3.63, 3.8) is 0 Å². The lowest BCUT2D eigenvalue weighted by Gasteiger charge is -2.19. The molecule has 5 rings (SSSR count). The van der Waals surface area contributed by atoms with Gasteiger partial charge in [-0.05, 0) is 57.0 Å². The van der Waals surface area contributed by atoms with Crippen LogP contribution in [0.4, 0.5) is 19.5 Å². The topological polar surface area (TPSA) is 121 Å². The van der Waals surface area contributed by atoms with Crippen molar-refractivity contribution in [1.82, 2.24) is 34.7 Å². The summed E-state index contributed by atoms with van der Waals surface area (Å²) in [5, 5.41) is 7.33. The number of rotatable bonds is 4. The van der Waals surface area contributed by atoms with Gasteiger partial charge < -0.3 is 10.1 Å². The normalized spacial score (nSPS) is 11.1. The fourth-order valence-corrected chi connectivity index (χ4v) is 3.62. The molecule has 0 aliphatic rings. The van der Waals surface area contributed by atoms with E-state index in [9.17, 15) is 13.6 Å². The number of benzene rings is 1. The number of carbonyl (C=O) groups excluding carboxylic acids is 1. The lowest BCUT2D eigenvalue weighted by atomic mass is 10.1. The predicted molar refractivity (Wildman–Crippen MR) is 142 cm³/mol. The maximum absolute atomic E-state index is 15.0. The molecule has 0 saturated carbocycles. The number of aromatic nitrogens is 7. The second-order valence-corrected chi connectivity index (χ2v) is 9.52. The van der Waals surface area contributed by atoms with E-state index < -0.39 is 23.5 Å². The number of nitrogens with zero attached hydrogens (tertiary/aromatic N) is 7. The van der Waals surface area contributed by atoms with Gasteiger partial charge in [-0.15, -0.1) is 0 Å². The van der Waals surface area contributed by atoms with E-state index in [2.05, 4.69) is 47.2 Å². The Balaban J connectivity index is 1.35. The Kier molecular flexibility index (Phi) is 7.11. The molecule has 4 aromatic heterocycles. The summed E-state index contributed by atoms with van der Waals surface area (Å²) in [6.07, 6.45) is 5.03. The molecule has 1 N–H and O–H groups in total. The Bertz CT molecular complexity index is 1790. The van der Waals surface area contributed by atoms with Gasteiger partial charge >= 0.3 is 6.09 Å². The minimum Gasteiger partial charge on any atom is -0.442 e. The molecule has 200 valence electrons. The Hall–Kier alpha value is -5.31. The number of fused-ring (bicyclic) bond motifs is 1. The van der Waals surface area contributed by atoms with Crippen molar-refractivity contribution < 1.29 is 18.3 Å². The summed E-state index contributed by atoms with van der Waals surface area (Å²) in [5.41, 5.74) is 0.789. The lowest BCUT2D eigenvalue weighted by Crippen LogP contribution is -2.27. The van der Waals surface area contributed by atoms with Gasteiger partial charge in [-0.1, -0.05) is 12.0 Å². The zero-order chi connectivity index (χ0) is 28.3. The summed E-state index contributed by atoms with van der Waals surface area (Å²) in [6, 6.07) is 9.33. The Morgan fingerprint density at radius 3 is 2.65 bits per heavy atom. The summed E-state index contributed by atoms with van der Waals surface area (Å²) in [7, 11) is 0. The van der Waals surface area contributed by atoms with Crippen molar-refractivity contribution in [1.29, 1.82) is 0 Å². The van der Waals surface area contributed by atoms with Gasteiger partial charge in [-0.3, -0.25) is 0 Å². The third-order valence-electron chi connectivity index (χ3n) is 5.33. The van der Waals surface area contributed by atoms with Crippen LogP contribution in [0.2, 0.25) is 0 Å². The van der Waals surface area contributed by atoms with E-state index in [-0.39, 0.29) is 18.0 Å². The number of nitrogens with one attached hydrogen (secondary N) is 1. The SMILES string of the molecule is CC(C)(C)OC(=O)n1ncc2cc(C#Cc3ccnc(-c4ccnc(NCc5cccnc5F)n4)n3)cc(F)c21. The minimum absolute atomic E-state index is 0.00330. The molecule has 0 aliphatic heterocycles. The van der Waals surface area contributed by atoms with Crippen LogP contribution in [0.5, 0.6) is 0 Å². The molecule has 0 spiro atoms. The van der Waals surface area contributed by atoms with Crippen molar-refractivity contribution >= 4 is 22.9 Å². The first-order valence-electron chi connectivity index (χ1n) is 12.1. The molecule has 0 unspecified atom stereocenters. The maximum atomic E-state index is 15.0. The number of hydrogen-bond donors (Lipinski definition) is 1. The molecule has 4 heterocycles. The van der Waals surface area contributed by atoms with E-state index in [0.29, 0.717) is 33.7 Å². The number of ether oxygens (including phenoxy) is 1. The highest BCUT2D eigenvalue weighted by atomic mass is 19.1. The predicted octanol–water partition coefficient (Wildman–Crippen LogP) is 4.75. The van der Waals surface area contributed by atoms with E-state index in [1.807, 2.05) is 0 Å². The summed E-state index contributed by atoms with van der Waals surface area (Å²) in [4.78, 5) is 33.3. The lowest BCUT2D eigenvalue weighted by molar-refractivity contribution is 0.0521. The molecular weight excluding hydrogens is 518 g/mol. The smallest absolute Gasteiger partial charge is 0.435 e. The summed E-state index contributed by atoms with van der Waals surface area (Å²) < 4.78 is 35.0. The first kappa shape index (κ1) is 26.3. The molecule has 0 bridgehead atoms. The third kappa shape index (κ3) is 6.05. The monoisotopic (exact) mass is 540 g/mol. The summed E-state index contributed by atoms with van der Waals surface area (Å²) in [5.74, 6) is 5.10. The fraction of sp³-hybridized carbons (Fsp3) is 0.179. The van der Waals surface area contributed by atoms with Gasteiger partial charge in [0.25, 0.3) is 0 Å². The molecule has 40 heavy (non-hydrogen) atoms. The highest BCUT2D eigenvalue weighted by Crippen LogP contribution is 2.21. The number of anilines is 1. The van der Waals surface area contributed by atoms with E-state index in [4.69, 9.17) is 4.74 Å². The van der Waals surface area contributed by atoms with Crippen molar-refractivity contribution in [3.8, 4) is 23.4 Å². The highest BCUT2D eigenvalue weighted by molar-refractivity contribution is 5.89. The van der Waals surface area contributed by atoms with Crippen molar-refractivity contribution in [2.45, 2.75) is 32.9 Å². The summed E-state index contributed by atoms with van der Waals surface area (Å²) >= 11 is 0. The molecule has 0 atom stereocenters. The van der Waals surface area contributed by atoms with Gasteiger partial charge in [-0.25, -0.2) is 34.1 Å². The molecule has 1 aromatic carbocycles. The molecule has 0 radical (unpaired) electrons. The Morgan fingerprint density at radius 1 is 1.02 bits per heavy atom. The van der Waals surface area contributed by atoms with Gasteiger partial charge in [0.05, 0.1) is 6.20 Å². The summed E-state index contributed by atoms with van der Waals surface area (Å²) in [6.45, 7) is 5.29. The van der Waals surface area contributed by atoms with Crippen LogP contribution >= 0.6 is 0 Å². The van der Waals surface area contributed by atoms with Crippen LogP contribution in [0.15, 0.2) is 61.2 Å². The molecule has 12 heteroatoms. The second-order valence-electron chi connectivity index (χ2n) is 9.52. The van der Waals surface area contributed by atoms with Crippen LogP contribution in [0.25, 0.3) is 22.4 Å². The van der Waals surface area contributed by atoms with E-state index in [1.165, 1.54) is 30.9 Å². The van der Waals surface area contributed by atoms with E-state index in [0.717, 1.165) is 4.68 Å². The molecular formula is C28H22F2N8O2. The molecule has 0 saturated heterocycles. The van der Waals surface area contributed by atoms with E-state index in [1.54, 1.807) is 51.1 Å². The minimum atomic E-state index is -0.777. The maximum Gasteiger partial charge on any atom is 0.435 e. The van der Waals surface area contributed by atoms with Gasteiger partial charge in [-0.2, -0.15) is 14.2 Å². The standard InChI is InChI=1S/C28H22F2N8O2/c1-28(2,3)40-27(39)38-23-19(16-35-38)13-17(14-21(23)29)6-7-20-8-11-32-25(36-20)22-9-12-33-26(37-22)34-15-18-5-4-10-31-24(18)30/h4-5,8-14,16H,15H2,1-3H3,(H,33,34,37). The zero-order valence-corrected chi connectivity index (χ0v) is 21.7. The number of pyridine rings is 1. The van der Waals surface area contributed by atoms with Crippen LogP contribution in [-0.2, 0) is 11.3 Å². The molecule has 0 fully saturated rings. The van der Waals surface area contributed by atoms with E-state index >= 15 is 0 Å².